The maximum Gasteiger partial charge on any atom is 0.231 e. The summed E-state index contributed by atoms with van der Waals surface area (Å²) in [7, 11) is 3.31. The fourth-order valence-corrected chi connectivity index (χ4v) is 4.84. The fraction of sp³-hybridized carbons (Fsp3) is 0.310. The van der Waals surface area contributed by atoms with E-state index in [2.05, 4.69) is 10.1 Å². The molecule has 39 heavy (non-hydrogen) atoms. The van der Waals surface area contributed by atoms with E-state index in [4.69, 9.17) is 15.2 Å². The molecular weight excluding hydrogens is 503 g/mol. The molecule has 2 aromatic carbocycles. The number of aryl methyl sites for hydroxylation is 1. The SMILES string of the molecule is COc1cc(C(=O)CC[C@](C)(O)c2cc3c(c(-c4ccc(F)cc4)n2)OC[C@]3(C)C(N)=O)cc2cn(C)nc12. The first-order valence-electron chi connectivity index (χ1n) is 12.4. The lowest BCUT2D eigenvalue weighted by Gasteiger charge is -2.26. The first kappa shape index (κ1) is 26.3. The van der Waals surface area contributed by atoms with Crippen LogP contribution in [-0.4, -0.2) is 45.3 Å². The van der Waals surface area contributed by atoms with E-state index >= 15 is 0 Å². The molecule has 0 saturated carbocycles. The lowest BCUT2D eigenvalue weighted by Crippen LogP contribution is -2.40. The van der Waals surface area contributed by atoms with Gasteiger partial charge in [0.05, 0.1) is 12.8 Å². The van der Waals surface area contributed by atoms with Gasteiger partial charge in [0.25, 0.3) is 0 Å². The molecule has 9 nitrogen and oxygen atoms in total. The van der Waals surface area contributed by atoms with Gasteiger partial charge in [0.1, 0.15) is 46.1 Å². The van der Waals surface area contributed by atoms with Crippen molar-refractivity contribution < 1.29 is 28.6 Å². The van der Waals surface area contributed by atoms with Gasteiger partial charge in [-0.15, -0.1) is 0 Å². The van der Waals surface area contributed by atoms with Crippen LogP contribution in [0.25, 0.3) is 22.2 Å². The molecule has 5 rings (SSSR count). The van der Waals surface area contributed by atoms with E-state index in [-0.39, 0.29) is 30.9 Å². The van der Waals surface area contributed by atoms with E-state index in [0.29, 0.717) is 39.4 Å². The molecular formula is C29H29FN4O5. The number of rotatable bonds is 8. The third-order valence-electron chi connectivity index (χ3n) is 7.35. The van der Waals surface area contributed by atoms with Gasteiger partial charge in [-0.05, 0) is 62.7 Å². The minimum absolute atomic E-state index is 0.0101. The summed E-state index contributed by atoms with van der Waals surface area (Å²) in [5.41, 5.74) is 5.74. The lowest BCUT2D eigenvalue weighted by molar-refractivity contribution is -0.123. The molecule has 1 amide bonds. The number of aromatic nitrogens is 3. The van der Waals surface area contributed by atoms with Crippen molar-refractivity contribution >= 4 is 22.6 Å². The Bertz CT molecular complexity index is 1610. The number of primary amides is 1. The van der Waals surface area contributed by atoms with Crippen LogP contribution in [-0.2, 0) is 22.9 Å². The van der Waals surface area contributed by atoms with Crippen LogP contribution >= 0.6 is 0 Å². The molecule has 2 aromatic heterocycles. The molecule has 0 radical (unpaired) electrons. The molecule has 202 valence electrons. The number of hydrogen-bond donors (Lipinski definition) is 2. The number of Topliss-reactive ketones (excluding diaryl/α,β-unsaturated/α-hetero) is 1. The number of hydrogen-bond acceptors (Lipinski definition) is 7. The van der Waals surface area contributed by atoms with Gasteiger partial charge in [-0.3, -0.25) is 14.3 Å². The first-order chi connectivity index (χ1) is 18.4. The Morgan fingerprint density at radius 1 is 1.26 bits per heavy atom. The number of ether oxygens (including phenoxy) is 2. The van der Waals surface area contributed by atoms with Gasteiger partial charge < -0.3 is 20.3 Å². The standard InChI is InChI=1S/C29H29FN4O5/c1-28(27(31)36)15-39-26-20(28)13-23(32-25(26)16-5-7-19(30)8-6-16)29(2,37)10-9-21(35)17-11-18-14-34(3)33-24(18)22(12-17)38-4/h5-8,11-14,37H,9-10,15H2,1-4H3,(H2,31,36)/t28-,29-/m0/s1. The number of methoxy groups -OCH3 is 1. The normalized spacial score (nSPS) is 17.9. The number of nitrogens with two attached hydrogens (primary N) is 1. The summed E-state index contributed by atoms with van der Waals surface area (Å²) in [4.78, 5) is 30.3. The zero-order valence-corrected chi connectivity index (χ0v) is 22.1. The number of pyridine rings is 1. The molecule has 1 aliphatic heterocycles. The number of nitrogens with zero attached hydrogens (tertiary/aromatic N) is 3. The van der Waals surface area contributed by atoms with Crippen molar-refractivity contribution in [1.82, 2.24) is 14.8 Å². The molecule has 10 heteroatoms. The minimum atomic E-state index is -1.55. The highest BCUT2D eigenvalue weighted by Gasteiger charge is 2.45. The van der Waals surface area contributed by atoms with Crippen molar-refractivity contribution in [3.63, 3.8) is 0 Å². The Labute approximate surface area is 224 Å². The molecule has 3 heterocycles. The highest BCUT2D eigenvalue weighted by molar-refractivity contribution is 6.01. The molecule has 0 bridgehead atoms. The third-order valence-corrected chi connectivity index (χ3v) is 7.35. The van der Waals surface area contributed by atoms with Gasteiger partial charge in [0.15, 0.2) is 5.78 Å². The van der Waals surface area contributed by atoms with Gasteiger partial charge in [-0.2, -0.15) is 5.10 Å². The summed E-state index contributed by atoms with van der Waals surface area (Å²) in [5.74, 6) is -0.350. The zero-order valence-electron chi connectivity index (χ0n) is 22.1. The number of benzene rings is 2. The Balaban J connectivity index is 1.49. The quantitative estimate of drug-likeness (QED) is 0.330. The van der Waals surface area contributed by atoms with E-state index in [0.717, 1.165) is 5.39 Å². The lowest BCUT2D eigenvalue weighted by atomic mass is 9.81. The number of carbonyl (C=O) groups excluding carboxylic acids is 2. The number of aliphatic hydroxyl groups is 1. The van der Waals surface area contributed by atoms with E-state index < -0.39 is 22.7 Å². The Hall–Kier alpha value is -4.31. The van der Waals surface area contributed by atoms with Crippen molar-refractivity contribution in [3.8, 4) is 22.8 Å². The average Bonchev–Trinajstić information content (AvgIpc) is 3.46. The molecule has 0 unspecified atom stereocenters. The molecule has 0 saturated heterocycles. The largest absolute Gasteiger partial charge is 0.494 e. The summed E-state index contributed by atoms with van der Waals surface area (Å²) in [6, 6.07) is 10.7. The van der Waals surface area contributed by atoms with Gasteiger partial charge in [-0.25, -0.2) is 9.37 Å². The van der Waals surface area contributed by atoms with Crippen LogP contribution in [0.1, 0.15) is 48.3 Å². The van der Waals surface area contributed by atoms with Crippen molar-refractivity contribution in [2.45, 2.75) is 37.7 Å². The topological polar surface area (TPSA) is 130 Å². The van der Waals surface area contributed by atoms with Crippen LogP contribution in [0.3, 0.4) is 0 Å². The van der Waals surface area contributed by atoms with Crippen LogP contribution in [0.5, 0.6) is 11.5 Å². The maximum atomic E-state index is 13.6. The molecule has 0 aliphatic carbocycles. The zero-order chi connectivity index (χ0) is 28.1. The maximum absolute atomic E-state index is 13.6. The second-order valence-corrected chi connectivity index (χ2v) is 10.3. The average molecular weight is 533 g/mol. The van der Waals surface area contributed by atoms with E-state index in [1.165, 1.54) is 19.2 Å². The van der Waals surface area contributed by atoms with Gasteiger partial charge in [0, 0.05) is 41.7 Å². The van der Waals surface area contributed by atoms with Gasteiger partial charge >= 0.3 is 0 Å². The number of ketones is 1. The summed E-state index contributed by atoms with van der Waals surface area (Å²) < 4.78 is 26.6. The second kappa shape index (κ2) is 9.46. The van der Waals surface area contributed by atoms with E-state index in [1.54, 1.807) is 62.1 Å². The van der Waals surface area contributed by atoms with Crippen molar-refractivity contribution in [2.24, 2.45) is 12.8 Å². The Morgan fingerprint density at radius 2 is 1.97 bits per heavy atom. The first-order valence-corrected chi connectivity index (χ1v) is 12.4. The molecule has 3 N–H and O–H groups in total. The van der Waals surface area contributed by atoms with Crippen LogP contribution in [0.2, 0.25) is 0 Å². The molecule has 0 spiro atoms. The molecule has 1 aliphatic rings. The van der Waals surface area contributed by atoms with E-state index in [9.17, 15) is 19.1 Å². The summed E-state index contributed by atoms with van der Waals surface area (Å²) in [6.45, 7) is 3.24. The van der Waals surface area contributed by atoms with Crippen molar-refractivity contribution in [1.29, 1.82) is 0 Å². The fourth-order valence-electron chi connectivity index (χ4n) is 4.84. The van der Waals surface area contributed by atoms with E-state index in [1.807, 2.05) is 0 Å². The summed E-state index contributed by atoms with van der Waals surface area (Å²) >= 11 is 0. The smallest absolute Gasteiger partial charge is 0.231 e. The Kier molecular flexibility index (Phi) is 6.38. The highest BCUT2D eigenvalue weighted by atomic mass is 19.1. The van der Waals surface area contributed by atoms with Crippen LogP contribution in [0.15, 0.2) is 48.7 Å². The van der Waals surface area contributed by atoms with Crippen LogP contribution in [0, 0.1) is 5.82 Å². The second-order valence-electron chi connectivity index (χ2n) is 10.3. The monoisotopic (exact) mass is 532 g/mol. The van der Waals surface area contributed by atoms with Crippen LogP contribution < -0.4 is 15.2 Å². The Morgan fingerprint density at radius 3 is 2.64 bits per heavy atom. The number of halogens is 1. The predicted octanol–water partition coefficient (Wildman–Crippen LogP) is 3.79. The van der Waals surface area contributed by atoms with Gasteiger partial charge in [-0.1, -0.05) is 0 Å². The van der Waals surface area contributed by atoms with Crippen LogP contribution in [0.4, 0.5) is 4.39 Å². The van der Waals surface area contributed by atoms with Gasteiger partial charge in [0.2, 0.25) is 5.91 Å². The summed E-state index contributed by atoms with van der Waals surface area (Å²) in [5, 5.41) is 16.7. The summed E-state index contributed by atoms with van der Waals surface area (Å²) in [6.07, 6.45) is 1.85. The highest BCUT2D eigenvalue weighted by Crippen LogP contribution is 2.46. The van der Waals surface area contributed by atoms with Crippen molar-refractivity contribution in [2.75, 3.05) is 13.7 Å². The third kappa shape index (κ3) is 4.61. The van der Waals surface area contributed by atoms with Crippen molar-refractivity contribution in [3.05, 3.63) is 71.3 Å². The molecule has 0 fully saturated rings. The predicted molar refractivity (Wildman–Crippen MR) is 142 cm³/mol. The molecule has 4 aromatic rings. The number of carbonyl (C=O) groups is 2. The molecule has 2 atom stereocenters. The number of amides is 1. The minimum Gasteiger partial charge on any atom is -0.494 e. The number of fused-ring (bicyclic) bond motifs is 2.